The Kier molecular flexibility index (Phi) is 5.39. The average molecular weight is 416 g/mol. The number of rotatable bonds is 5. The number of sulfonamides is 1. The van der Waals surface area contributed by atoms with E-state index < -0.39 is 18.3 Å². The van der Waals surface area contributed by atoms with E-state index in [0.717, 1.165) is 32.1 Å². The summed E-state index contributed by atoms with van der Waals surface area (Å²) in [5.41, 5.74) is 0. The lowest BCUT2D eigenvalue weighted by molar-refractivity contribution is 0.157. The van der Waals surface area contributed by atoms with E-state index >= 15 is 0 Å². The molecule has 0 aromatic heterocycles. The summed E-state index contributed by atoms with van der Waals surface area (Å²) in [5, 5.41) is 0.406. The maximum Gasteiger partial charge on any atom is 0.243 e. The highest BCUT2D eigenvalue weighted by atomic mass is 35.5. The van der Waals surface area contributed by atoms with Crippen LogP contribution >= 0.6 is 11.6 Å². The molecule has 3 atom stereocenters. The fourth-order valence-electron chi connectivity index (χ4n) is 4.45. The van der Waals surface area contributed by atoms with Gasteiger partial charge >= 0.3 is 0 Å². The minimum absolute atomic E-state index is 0.0463. The summed E-state index contributed by atoms with van der Waals surface area (Å²) in [7, 11) is -5.83. The zero-order chi connectivity index (χ0) is 19.3. The van der Waals surface area contributed by atoms with Crippen LogP contribution in [0.4, 0.5) is 0 Å². The van der Waals surface area contributed by atoms with Gasteiger partial charge in [-0.05, 0) is 80.4 Å². The van der Waals surface area contributed by atoms with Crippen LogP contribution in [0.1, 0.15) is 46.0 Å². The molecule has 26 heavy (non-hydrogen) atoms. The van der Waals surface area contributed by atoms with Crippen molar-refractivity contribution in [3.8, 4) is 0 Å². The lowest BCUT2D eigenvalue weighted by Crippen LogP contribution is -2.50. The van der Waals surface area contributed by atoms with Gasteiger partial charge in [-0.15, -0.1) is 0 Å². The number of benzene rings is 1. The number of halogens is 1. The predicted octanol–water partition coefficient (Wildman–Crippen LogP) is 4.64. The Hall–Kier alpha value is -0.403. The Morgan fingerprint density at radius 2 is 1.73 bits per heavy atom. The second-order valence-corrected chi connectivity index (χ2v) is 15.8. The summed E-state index contributed by atoms with van der Waals surface area (Å²) in [6.45, 7) is 8.24. The third-order valence-corrected chi connectivity index (χ3v) is 12.5. The molecule has 0 aliphatic carbocycles. The van der Waals surface area contributed by atoms with Crippen LogP contribution in [0.15, 0.2) is 29.2 Å². The van der Waals surface area contributed by atoms with Crippen LogP contribution in [0.25, 0.3) is 0 Å². The van der Waals surface area contributed by atoms with Gasteiger partial charge in [-0.2, -0.15) is 4.31 Å². The molecule has 0 amide bonds. The van der Waals surface area contributed by atoms with Crippen molar-refractivity contribution in [3.05, 3.63) is 29.3 Å². The van der Waals surface area contributed by atoms with Gasteiger partial charge in [0.1, 0.15) is 0 Å². The summed E-state index contributed by atoms with van der Waals surface area (Å²) < 4.78 is 28.4. The van der Waals surface area contributed by atoms with Gasteiger partial charge in [-0.25, -0.2) is 8.42 Å². The van der Waals surface area contributed by atoms with E-state index in [1.165, 1.54) is 0 Å². The highest BCUT2D eigenvalue weighted by Crippen LogP contribution is 2.50. The van der Waals surface area contributed by atoms with Crippen molar-refractivity contribution in [3.63, 3.8) is 0 Å². The molecule has 2 fully saturated rings. The highest BCUT2D eigenvalue weighted by molar-refractivity contribution is 7.89. The monoisotopic (exact) mass is 415 g/mol. The number of piperidine rings is 1. The smallest absolute Gasteiger partial charge is 0.243 e. The minimum Gasteiger partial charge on any atom is -0.432 e. The number of hydrogen-bond acceptors (Lipinski definition) is 3. The molecule has 2 aliphatic rings. The first-order valence-corrected chi connectivity index (χ1v) is 14.2. The second kappa shape index (κ2) is 6.89. The van der Waals surface area contributed by atoms with Crippen LogP contribution < -0.4 is 0 Å². The van der Waals surface area contributed by atoms with Crippen LogP contribution in [0.3, 0.4) is 0 Å². The molecule has 1 aromatic rings. The van der Waals surface area contributed by atoms with Crippen molar-refractivity contribution in [1.29, 1.82) is 0 Å². The molecule has 1 N–H and O–H groups in total. The molecule has 0 spiro atoms. The Balaban J connectivity index is 1.88. The summed E-state index contributed by atoms with van der Waals surface area (Å²) in [5.74, 6) is 0.310. The maximum absolute atomic E-state index is 13.3. The van der Waals surface area contributed by atoms with Gasteiger partial charge in [0.15, 0.2) is 8.32 Å². The van der Waals surface area contributed by atoms with E-state index in [9.17, 15) is 13.2 Å². The standard InChI is InChI=1S/C19H30ClNO3SSi/c1-19(2,26(3,4)24)13-14-5-8-16-9-12-18(14)21(16)25(22,23)17-10-6-15(20)7-11-17/h6-7,10-11,14,16,18,24H,5,8-9,12-13H2,1-4H3/t14-,16?,18?/m1/s1. The molecule has 2 saturated heterocycles. The Labute approximate surface area is 163 Å². The van der Waals surface area contributed by atoms with E-state index in [4.69, 9.17) is 11.6 Å². The molecular weight excluding hydrogens is 386 g/mol. The normalized spacial score (nSPS) is 27.7. The molecule has 146 valence electrons. The molecule has 2 bridgehead atoms. The van der Waals surface area contributed by atoms with Crippen LogP contribution in [0, 0.1) is 5.92 Å². The van der Waals surface area contributed by atoms with Crippen molar-refractivity contribution in [2.45, 2.75) is 81.1 Å². The first-order valence-electron chi connectivity index (χ1n) is 9.45. The van der Waals surface area contributed by atoms with Crippen LogP contribution in [-0.2, 0) is 10.0 Å². The molecule has 0 radical (unpaired) electrons. The van der Waals surface area contributed by atoms with Crippen molar-refractivity contribution < 1.29 is 13.2 Å². The molecule has 2 aliphatic heterocycles. The summed E-state index contributed by atoms with van der Waals surface area (Å²) >= 11 is 5.93. The quantitative estimate of drug-likeness (QED) is 0.712. The largest absolute Gasteiger partial charge is 0.432 e. The molecule has 2 heterocycles. The summed E-state index contributed by atoms with van der Waals surface area (Å²) in [6.07, 6.45) is 4.71. The van der Waals surface area contributed by atoms with E-state index in [2.05, 4.69) is 13.8 Å². The van der Waals surface area contributed by atoms with E-state index in [1.807, 2.05) is 13.1 Å². The van der Waals surface area contributed by atoms with Gasteiger partial charge in [0, 0.05) is 17.1 Å². The Bertz CT molecular complexity index is 758. The van der Waals surface area contributed by atoms with E-state index in [1.54, 1.807) is 28.6 Å². The van der Waals surface area contributed by atoms with Crippen molar-refractivity contribution >= 4 is 29.9 Å². The molecule has 2 unspecified atom stereocenters. The number of nitrogens with zero attached hydrogens (tertiary/aromatic N) is 1. The summed E-state index contributed by atoms with van der Waals surface area (Å²) in [4.78, 5) is 11.0. The van der Waals surface area contributed by atoms with Gasteiger partial charge in [0.05, 0.1) is 4.90 Å². The van der Waals surface area contributed by atoms with Gasteiger partial charge in [0.2, 0.25) is 10.0 Å². The Morgan fingerprint density at radius 1 is 1.15 bits per heavy atom. The molecule has 1 aromatic carbocycles. The SMILES string of the molecule is CC(C)(C[C@H]1CCC2CCC1N2S(=O)(=O)c1ccc(Cl)cc1)[Si](C)(C)O. The fraction of sp³-hybridized carbons (Fsp3) is 0.684. The van der Waals surface area contributed by atoms with Crippen molar-refractivity contribution in [1.82, 2.24) is 4.31 Å². The average Bonchev–Trinajstić information content (AvgIpc) is 2.86. The number of fused-ring (bicyclic) bond motifs is 2. The topological polar surface area (TPSA) is 57.6 Å². The molecule has 3 rings (SSSR count). The highest BCUT2D eigenvalue weighted by Gasteiger charge is 2.51. The molecule has 0 saturated carbocycles. The van der Waals surface area contributed by atoms with Crippen molar-refractivity contribution in [2.75, 3.05) is 0 Å². The second-order valence-electron chi connectivity index (χ2n) is 9.07. The summed E-state index contributed by atoms with van der Waals surface area (Å²) in [6, 6.07) is 6.65. The third-order valence-electron chi connectivity index (χ3n) is 6.72. The fourth-order valence-corrected chi connectivity index (χ4v) is 7.30. The predicted molar refractivity (Wildman–Crippen MR) is 108 cm³/mol. The molecule has 7 heteroatoms. The zero-order valence-electron chi connectivity index (χ0n) is 16.1. The van der Waals surface area contributed by atoms with Crippen LogP contribution in [-0.4, -0.2) is 37.9 Å². The Morgan fingerprint density at radius 3 is 2.31 bits per heavy atom. The zero-order valence-corrected chi connectivity index (χ0v) is 18.6. The van der Waals surface area contributed by atoms with Gasteiger partial charge in [-0.3, -0.25) is 0 Å². The van der Waals surface area contributed by atoms with Crippen molar-refractivity contribution in [2.24, 2.45) is 5.92 Å². The minimum atomic E-state index is -3.52. The van der Waals surface area contributed by atoms with E-state index in [-0.39, 0.29) is 17.1 Å². The lowest BCUT2D eigenvalue weighted by atomic mass is 9.84. The lowest BCUT2D eigenvalue weighted by Gasteiger charge is -2.44. The maximum atomic E-state index is 13.3. The number of hydrogen-bond donors (Lipinski definition) is 1. The molecular formula is C19H30ClNO3SSi. The van der Waals surface area contributed by atoms with Crippen LogP contribution in [0.5, 0.6) is 0 Å². The van der Waals surface area contributed by atoms with E-state index in [0.29, 0.717) is 15.8 Å². The first-order chi connectivity index (χ1) is 11.9. The molecule has 4 nitrogen and oxygen atoms in total. The van der Waals surface area contributed by atoms with Gasteiger partial charge in [-0.1, -0.05) is 25.4 Å². The van der Waals surface area contributed by atoms with Gasteiger partial charge < -0.3 is 4.80 Å². The van der Waals surface area contributed by atoms with Crippen LogP contribution in [0.2, 0.25) is 23.2 Å². The van der Waals surface area contributed by atoms with Gasteiger partial charge in [0.25, 0.3) is 0 Å². The first kappa shape index (κ1) is 20.3. The third kappa shape index (κ3) is 3.63.